The molecular weight excluding hydrogens is 474 g/mol. The third-order valence-corrected chi connectivity index (χ3v) is 7.43. The van der Waals surface area contributed by atoms with Crippen LogP contribution in [0.2, 0.25) is 0 Å². The zero-order chi connectivity index (χ0) is 25.9. The first-order chi connectivity index (χ1) is 17.1. The number of aromatic nitrogens is 3. The smallest absolute Gasteiger partial charge is 0.239 e. The quantitative estimate of drug-likeness (QED) is 0.422. The van der Waals surface area contributed by atoms with E-state index in [-0.39, 0.29) is 18.0 Å². The van der Waals surface area contributed by atoms with E-state index in [1.165, 1.54) is 37.3 Å². The maximum Gasteiger partial charge on any atom is 0.239 e. The summed E-state index contributed by atoms with van der Waals surface area (Å²) >= 11 is 1.47. The van der Waals surface area contributed by atoms with Crippen LogP contribution in [0.5, 0.6) is 5.75 Å². The number of methoxy groups -OCH3 is 1. The topological polar surface area (TPSA) is 87.0 Å². The van der Waals surface area contributed by atoms with Gasteiger partial charge in [-0.15, -0.1) is 5.10 Å². The Bertz CT molecular complexity index is 1160. The number of rotatable bonds is 10. The molecule has 1 saturated heterocycles. The molecule has 9 nitrogen and oxygen atoms in total. The number of hydrogen-bond donors (Lipinski definition) is 2. The summed E-state index contributed by atoms with van der Waals surface area (Å²) < 4.78 is 7.15. The molecule has 36 heavy (non-hydrogen) atoms. The second-order valence-electron chi connectivity index (χ2n) is 10.6. The molecule has 1 aliphatic rings. The SMILES string of the molecule is COc1ccc(-c2nc3sc(N(C)CC(=O)NCCC(C)N4CCCC4)nn3c2NC(C)(C)C)cc1. The molecule has 1 aromatic carbocycles. The number of anilines is 2. The minimum absolute atomic E-state index is 0.00549. The molecule has 1 fully saturated rings. The lowest BCUT2D eigenvalue weighted by molar-refractivity contribution is -0.119. The summed E-state index contributed by atoms with van der Waals surface area (Å²) in [5, 5.41) is 12.2. The number of likely N-dealkylation sites (N-methyl/N-ethyl adjacent to an activating group) is 1. The van der Waals surface area contributed by atoms with E-state index in [0.29, 0.717) is 12.6 Å². The maximum atomic E-state index is 12.6. The second-order valence-corrected chi connectivity index (χ2v) is 11.5. The lowest BCUT2D eigenvalue weighted by Gasteiger charge is -2.24. The molecule has 3 aromatic rings. The lowest BCUT2D eigenvalue weighted by Crippen LogP contribution is -2.38. The number of amides is 1. The van der Waals surface area contributed by atoms with Crippen molar-refractivity contribution in [1.82, 2.24) is 24.8 Å². The third kappa shape index (κ3) is 6.28. The van der Waals surface area contributed by atoms with Crippen LogP contribution in [0.25, 0.3) is 16.2 Å². The number of carbonyl (C=O) groups is 1. The van der Waals surface area contributed by atoms with E-state index in [4.69, 9.17) is 14.8 Å². The minimum Gasteiger partial charge on any atom is -0.497 e. The summed E-state index contributed by atoms with van der Waals surface area (Å²) in [5.41, 5.74) is 1.64. The van der Waals surface area contributed by atoms with E-state index in [1.54, 1.807) is 7.11 Å². The fourth-order valence-corrected chi connectivity index (χ4v) is 5.30. The maximum absolute atomic E-state index is 12.6. The Hall–Kier alpha value is -2.85. The van der Waals surface area contributed by atoms with Gasteiger partial charge in [-0.25, -0.2) is 4.98 Å². The molecule has 0 aliphatic carbocycles. The highest BCUT2D eigenvalue weighted by Gasteiger charge is 2.24. The number of hydrogen-bond acceptors (Lipinski definition) is 8. The molecule has 1 atom stereocenters. The van der Waals surface area contributed by atoms with Crippen molar-refractivity contribution in [2.75, 3.05) is 50.6 Å². The average Bonchev–Trinajstić information content (AvgIpc) is 3.56. The van der Waals surface area contributed by atoms with E-state index in [0.717, 1.165) is 39.3 Å². The molecular formula is C26H39N7O2S. The van der Waals surface area contributed by atoms with E-state index in [9.17, 15) is 4.79 Å². The summed E-state index contributed by atoms with van der Waals surface area (Å²) in [6, 6.07) is 8.37. The average molecular weight is 514 g/mol. The van der Waals surface area contributed by atoms with Crippen LogP contribution in [0.1, 0.15) is 47.0 Å². The highest BCUT2D eigenvalue weighted by molar-refractivity contribution is 7.20. The van der Waals surface area contributed by atoms with Gasteiger partial charge >= 0.3 is 0 Å². The van der Waals surface area contributed by atoms with Crippen LogP contribution in [-0.2, 0) is 4.79 Å². The number of imidazole rings is 1. The van der Waals surface area contributed by atoms with Crippen molar-refractivity contribution < 1.29 is 9.53 Å². The highest BCUT2D eigenvalue weighted by Crippen LogP contribution is 2.35. The molecule has 196 valence electrons. The number of carbonyl (C=O) groups excluding carboxylic acids is 1. The fourth-order valence-electron chi connectivity index (χ4n) is 4.43. The van der Waals surface area contributed by atoms with Crippen LogP contribution >= 0.6 is 11.3 Å². The van der Waals surface area contributed by atoms with Gasteiger partial charge < -0.3 is 25.2 Å². The van der Waals surface area contributed by atoms with Crippen molar-refractivity contribution in [3.05, 3.63) is 24.3 Å². The molecule has 0 radical (unpaired) electrons. The van der Waals surface area contributed by atoms with Crippen molar-refractivity contribution in [2.45, 2.75) is 58.5 Å². The first-order valence-electron chi connectivity index (χ1n) is 12.7. The number of likely N-dealkylation sites (tertiary alicyclic amines) is 1. The van der Waals surface area contributed by atoms with Gasteiger partial charge in [-0.05, 0) is 84.3 Å². The number of nitrogens with one attached hydrogen (secondary N) is 2. The van der Waals surface area contributed by atoms with Gasteiger partial charge in [0.15, 0.2) is 5.82 Å². The van der Waals surface area contributed by atoms with Gasteiger partial charge in [-0.2, -0.15) is 4.52 Å². The third-order valence-electron chi connectivity index (χ3n) is 6.41. The summed E-state index contributed by atoms with van der Waals surface area (Å²) in [6.45, 7) is 11.9. The number of fused-ring (bicyclic) bond motifs is 1. The Balaban J connectivity index is 1.45. The zero-order valence-corrected chi connectivity index (χ0v) is 23.1. The van der Waals surface area contributed by atoms with Crippen LogP contribution in [0, 0.1) is 0 Å². The molecule has 1 aliphatic heterocycles. The molecule has 0 saturated carbocycles. The van der Waals surface area contributed by atoms with Gasteiger partial charge in [0.2, 0.25) is 16.0 Å². The van der Waals surface area contributed by atoms with Gasteiger partial charge in [-0.3, -0.25) is 4.79 Å². The normalized spacial score (nSPS) is 15.3. The van der Waals surface area contributed by atoms with Crippen molar-refractivity contribution in [3.8, 4) is 17.0 Å². The van der Waals surface area contributed by atoms with E-state index in [2.05, 4.69) is 43.2 Å². The van der Waals surface area contributed by atoms with Gasteiger partial charge in [0.1, 0.15) is 11.4 Å². The lowest BCUT2D eigenvalue weighted by atomic mass is 10.1. The molecule has 1 unspecified atom stereocenters. The van der Waals surface area contributed by atoms with Crippen molar-refractivity contribution in [1.29, 1.82) is 0 Å². The van der Waals surface area contributed by atoms with E-state index in [1.807, 2.05) is 40.7 Å². The van der Waals surface area contributed by atoms with Gasteiger partial charge in [0.05, 0.1) is 13.7 Å². The zero-order valence-electron chi connectivity index (χ0n) is 22.3. The van der Waals surface area contributed by atoms with E-state index < -0.39 is 0 Å². The highest BCUT2D eigenvalue weighted by atomic mass is 32.1. The summed E-state index contributed by atoms with van der Waals surface area (Å²) in [5.74, 6) is 1.64. The molecule has 3 heterocycles. The molecule has 0 spiro atoms. The molecule has 2 N–H and O–H groups in total. The molecule has 1 amide bonds. The fraction of sp³-hybridized carbons (Fsp3) is 0.577. The molecule has 0 bridgehead atoms. The first kappa shape index (κ1) is 26.2. The Morgan fingerprint density at radius 2 is 1.92 bits per heavy atom. The summed E-state index contributed by atoms with van der Waals surface area (Å²) in [7, 11) is 3.55. The standard InChI is InChI=1S/C26H39N7O2S/c1-18(32-15-7-8-16-32)13-14-27-21(34)17-31(5)25-30-33-23(29-26(2,3)4)22(28-24(33)36-25)19-9-11-20(35-6)12-10-19/h9-12,18,29H,7-8,13-17H2,1-6H3,(H,27,34). The second kappa shape index (κ2) is 11.0. The Morgan fingerprint density at radius 1 is 1.22 bits per heavy atom. The Labute approximate surface area is 217 Å². The molecule has 4 rings (SSSR count). The van der Waals surface area contributed by atoms with Crippen LogP contribution in [0.4, 0.5) is 10.9 Å². The Morgan fingerprint density at radius 3 is 2.56 bits per heavy atom. The minimum atomic E-state index is -0.182. The van der Waals surface area contributed by atoms with Gasteiger partial charge in [-0.1, -0.05) is 11.3 Å². The summed E-state index contributed by atoms with van der Waals surface area (Å²) in [4.78, 5) is 22.7. The predicted molar refractivity (Wildman–Crippen MR) is 147 cm³/mol. The molecule has 10 heteroatoms. The number of nitrogens with zero attached hydrogens (tertiary/aromatic N) is 5. The molecule has 2 aromatic heterocycles. The predicted octanol–water partition coefficient (Wildman–Crippen LogP) is 4.10. The van der Waals surface area contributed by atoms with Crippen molar-refractivity contribution in [3.63, 3.8) is 0 Å². The van der Waals surface area contributed by atoms with Gasteiger partial charge in [0.25, 0.3) is 0 Å². The number of ether oxygens (including phenoxy) is 1. The van der Waals surface area contributed by atoms with Gasteiger partial charge in [0, 0.05) is 30.7 Å². The number of benzene rings is 1. The first-order valence-corrected chi connectivity index (χ1v) is 13.5. The van der Waals surface area contributed by atoms with Crippen LogP contribution in [0.15, 0.2) is 24.3 Å². The summed E-state index contributed by atoms with van der Waals surface area (Å²) in [6.07, 6.45) is 3.54. The van der Waals surface area contributed by atoms with Crippen LogP contribution in [0.3, 0.4) is 0 Å². The monoisotopic (exact) mass is 513 g/mol. The largest absolute Gasteiger partial charge is 0.497 e. The Kier molecular flexibility index (Phi) is 8.04. The van der Waals surface area contributed by atoms with E-state index >= 15 is 0 Å². The van der Waals surface area contributed by atoms with Crippen molar-refractivity contribution >= 4 is 33.2 Å². The van der Waals surface area contributed by atoms with Crippen LogP contribution in [-0.4, -0.2) is 77.3 Å². The van der Waals surface area contributed by atoms with Crippen molar-refractivity contribution in [2.24, 2.45) is 0 Å². The van der Waals surface area contributed by atoms with Crippen LogP contribution < -0.4 is 20.3 Å².